The number of nitrogens with zero attached hydrogens (tertiary/aromatic N) is 4. The second kappa shape index (κ2) is 9.21. The number of ether oxygens (including phenoxy) is 1. The molecule has 3 unspecified atom stereocenters. The van der Waals surface area contributed by atoms with E-state index >= 15 is 0 Å². The normalized spacial score (nSPS) is 29.7. The van der Waals surface area contributed by atoms with Gasteiger partial charge in [-0.05, 0) is 70.2 Å². The Morgan fingerprint density at radius 1 is 1.12 bits per heavy atom. The molecule has 2 saturated heterocycles. The first-order chi connectivity index (χ1) is 19.7. The standard InChI is InChI=1S/C29H31F3N6O4/c1-26(2,3)42-25(41)38-12-17-9-18(38)10-20(17)23(39)35-36-24(40)27-13-28(27,29(30,31)32)15-37(14-27)21-7-6-16(11-33)22-19(21)5-4-8-34-22/h4-8,17-18,20H,9-10,12-15H2,1-3H3,(H,35,39)(H,36,40)/t17?,18?,20?,27-,28-/m0/s1. The molecule has 4 fully saturated rings. The average molecular weight is 585 g/mol. The van der Waals surface area contributed by atoms with Crippen molar-refractivity contribution < 1.29 is 32.3 Å². The summed E-state index contributed by atoms with van der Waals surface area (Å²) in [7, 11) is 0. The second-order valence-electron chi connectivity index (χ2n) is 12.9. The molecule has 6 rings (SSSR count). The minimum atomic E-state index is -4.65. The first-order valence-electron chi connectivity index (χ1n) is 13.9. The molecule has 0 spiro atoms. The number of likely N-dealkylation sites (tertiary alicyclic amines) is 1. The number of fused-ring (bicyclic) bond motifs is 4. The van der Waals surface area contributed by atoms with Gasteiger partial charge in [0, 0.05) is 48.9 Å². The topological polar surface area (TPSA) is 128 Å². The lowest BCUT2D eigenvalue weighted by Gasteiger charge is -2.32. The molecule has 1 aromatic carbocycles. The van der Waals surface area contributed by atoms with Crippen molar-refractivity contribution in [2.24, 2.45) is 22.7 Å². The van der Waals surface area contributed by atoms with E-state index in [4.69, 9.17) is 4.74 Å². The molecule has 2 saturated carbocycles. The molecule has 3 amide bonds. The Balaban J connectivity index is 1.14. The fourth-order valence-corrected chi connectivity index (χ4v) is 7.27. The van der Waals surface area contributed by atoms with Crippen molar-refractivity contribution >= 4 is 34.5 Å². The van der Waals surface area contributed by atoms with Crippen LogP contribution in [-0.2, 0) is 14.3 Å². The monoisotopic (exact) mass is 584 g/mol. The average Bonchev–Trinajstić information content (AvgIpc) is 3.25. The van der Waals surface area contributed by atoms with Crippen LogP contribution in [0.15, 0.2) is 30.5 Å². The van der Waals surface area contributed by atoms with Crippen LogP contribution in [0.4, 0.5) is 23.7 Å². The number of piperidine rings is 2. The van der Waals surface area contributed by atoms with E-state index in [1.807, 2.05) is 6.07 Å². The molecular weight excluding hydrogens is 553 g/mol. The van der Waals surface area contributed by atoms with E-state index in [0.29, 0.717) is 41.5 Å². The first-order valence-corrected chi connectivity index (χ1v) is 13.9. The van der Waals surface area contributed by atoms with Crippen LogP contribution in [0.5, 0.6) is 0 Å². The summed E-state index contributed by atoms with van der Waals surface area (Å²) in [6.07, 6.45) is -2.96. The van der Waals surface area contributed by atoms with Crippen LogP contribution in [0.1, 0.15) is 45.6 Å². The largest absolute Gasteiger partial charge is 0.444 e. The number of benzene rings is 1. The van der Waals surface area contributed by atoms with Gasteiger partial charge >= 0.3 is 12.3 Å². The maximum atomic E-state index is 14.5. The summed E-state index contributed by atoms with van der Waals surface area (Å²) in [5.41, 5.74) is 1.14. The van der Waals surface area contributed by atoms with Crippen molar-refractivity contribution in [3.05, 3.63) is 36.0 Å². The van der Waals surface area contributed by atoms with Gasteiger partial charge < -0.3 is 14.5 Å². The number of pyridine rings is 1. The Hall–Kier alpha value is -4.08. The summed E-state index contributed by atoms with van der Waals surface area (Å²) in [5, 5.41) is 9.96. The first kappa shape index (κ1) is 28.1. The number of carbonyl (C=O) groups is 3. The Kier molecular flexibility index (Phi) is 6.15. The predicted octanol–water partition coefficient (Wildman–Crippen LogP) is 3.66. The molecule has 3 heterocycles. The van der Waals surface area contributed by atoms with Crippen molar-refractivity contribution in [3.8, 4) is 6.07 Å². The van der Waals surface area contributed by atoms with Crippen LogP contribution >= 0.6 is 0 Å². The Labute approximate surface area is 240 Å². The number of aromatic nitrogens is 1. The van der Waals surface area contributed by atoms with Crippen LogP contribution in [0, 0.1) is 34.0 Å². The molecule has 2 aliphatic heterocycles. The quantitative estimate of drug-likeness (QED) is 0.527. The number of amides is 3. The zero-order chi connectivity index (χ0) is 30.2. The van der Waals surface area contributed by atoms with E-state index in [9.17, 15) is 32.8 Å². The number of halogens is 3. The van der Waals surface area contributed by atoms with Gasteiger partial charge in [0.25, 0.3) is 0 Å². The number of hydrazine groups is 1. The van der Waals surface area contributed by atoms with Gasteiger partial charge in [0.15, 0.2) is 0 Å². The van der Waals surface area contributed by atoms with Gasteiger partial charge in [-0.15, -0.1) is 0 Å². The maximum Gasteiger partial charge on any atom is 0.410 e. The zero-order valence-corrected chi connectivity index (χ0v) is 23.4. The molecule has 0 radical (unpaired) electrons. The molecule has 42 heavy (non-hydrogen) atoms. The number of carbonyl (C=O) groups excluding carboxylic acids is 3. The van der Waals surface area contributed by atoms with E-state index in [-0.39, 0.29) is 24.9 Å². The van der Waals surface area contributed by atoms with E-state index in [0.717, 1.165) is 0 Å². The number of anilines is 1. The molecule has 13 heteroatoms. The van der Waals surface area contributed by atoms with Crippen LogP contribution in [0.25, 0.3) is 10.9 Å². The molecule has 10 nitrogen and oxygen atoms in total. The summed E-state index contributed by atoms with van der Waals surface area (Å²) in [6.45, 7) is 5.04. The molecule has 2 bridgehead atoms. The van der Waals surface area contributed by atoms with Gasteiger partial charge in [-0.25, -0.2) is 4.79 Å². The lowest BCUT2D eigenvalue weighted by Crippen LogP contribution is -2.52. The lowest BCUT2D eigenvalue weighted by molar-refractivity contribution is -0.191. The van der Waals surface area contributed by atoms with Crippen LogP contribution < -0.4 is 15.8 Å². The highest BCUT2D eigenvalue weighted by Crippen LogP contribution is 2.75. The SMILES string of the molecule is CC(C)(C)OC(=O)N1CC2CC1CC2C(=O)NNC(=O)[C@]12CN(c3ccc(C#N)c4ncccc34)C[C@@]1(C(F)(F)F)C2. The third-order valence-corrected chi connectivity index (χ3v) is 9.31. The van der Waals surface area contributed by atoms with Crippen LogP contribution in [0.3, 0.4) is 0 Å². The minimum absolute atomic E-state index is 0.131. The Morgan fingerprint density at radius 2 is 1.88 bits per heavy atom. The third kappa shape index (κ3) is 4.22. The summed E-state index contributed by atoms with van der Waals surface area (Å²) in [5.74, 6) is -1.97. The third-order valence-electron chi connectivity index (χ3n) is 9.31. The van der Waals surface area contributed by atoms with Crippen molar-refractivity contribution in [2.75, 3.05) is 24.5 Å². The van der Waals surface area contributed by atoms with Gasteiger partial charge in [-0.3, -0.25) is 25.4 Å². The molecule has 222 valence electrons. The zero-order valence-electron chi connectivity index (χ0n) is 23.4. The molecular formula is C29H31F3N6O4. The Morgan fingerprint density at radius 3 is 2.52 bits per heavy atom. The number of rotatable bonds is 3. The van der Waals surface area contributed by atoms with Gasteiger partial charge in [-0.1, -0.05) is 0 Å². The van der Waals surface area contributed by atoms with Gasteiger partial charge in [0.05, 0.1) is 16.5 Å². The van der Waals surface area contributed by atoms with Crippen molar-refractivity contribution in [3.63, 3.8) is 0 Å². The van der Waals surface area contributed by atoms with E-state index in [2.05, 4.69) is 15.8 Å². The molecule has 4 aliphatic rings. The lowest BCUT2D eigenvalue weighted by atomic mass is 9.94. The molecule has 2 aromatic rings. The fraction of sp³-hybridized carbons (Fsp3) is 0.552. The number of nitrogens with one attached hydrogen (secondary N) is 2. The van der Waals surface area contributed by atoms with Gasteiger partial charge in [0.1, 0.15) is 17.1 Å². The molecule has 1 aromatic heterocycles. The summed E-state index contributed by atoms with van der Waals surface area (Å²) >= 11 is 0. The summed E-state index contributed by atoms with van der Waals surface area (Å²) in [6, 6.07) is 8.31. The summed E-state index contributed by atoms with van der Waals surface area (Å²) < 4.78 is 48.9. The van der Waals surface area contributed by atoms with E-state index in [1.165, 1.54) is 17.2 Å². The molecule has 2 N–H and O–H groups in total. The van der Waals surface area contributed by atoms with Gasteiger partial charge in [0.2, 0.25) is 11.8 Å². The summed E-state index contributed by atoms with van der Waals surface area (Å²) in [4.78, 5) is 46.3. The van der Waals surface area contributed by atoms with Gasteiger partial charge in [-0.2, -0.15) is 18.4 Å². The minimum Gasteiger partial charge on any atom is -0.444 e. The van der Waals surface area contributed by atoms with Crippen LogP contribution in [0.2, 0.25) is 0 Å². The maximum absolute atomic E-state index is 14.5. The van der Waals surface area contributed by atoms with Crippen molar-refractivity contribution in [1.82, 2.24) is 20.7 Å². The number of nitriles is 1. The molecule has 2 aliphatic carbocycles. The predicted molar refractivity (Wildman–Crippen MR) is 143 cm³/mol. The highest BCUT2D eigenvalue weighted by Gasteiger charge is 2.86. The fourth-order valence-electron chi connectivity index (χ4n) is 7.27. The second-order valence-corrected chi connectivity index (χ2v) is 12.9. The highest BCUT2D eigenvalue weighted by molar-refractivity contribution is 5.97. The number of hydrogen-bond donors (Lipinski definition) is 2. The number of hydrogen-bond acceptors (Lipinski definition) is 7. The smallest absolute Gasteiger partial charge is 0.410 e. The van der Waals surface area contributed by atoms with E-state index in [1.54, 1.807) is 43.9 Å². The number of alkyl halides is 3. The van der Waals surface area contributed by atoms with E-state index < -0.39 is 53.0 Å². The Bertz CT molecular complexity index is 1530. The van der Waals surface area contributed by atoms with Crippen molar-refractivity contribution in [1.29, 1.82) is 5.26 Å². The van der Waals surface area contributed by atoms with Crippen LogP contribution in [-0.4, -0.2) is 65.2 Å². The van der Waals surface area contributed by atoms with Crippen molar-refractivity contribution in [2.45, 2.75) is 57.9 Å². The highest BCUT2D eigenvalue weighted by atomic mass is 19.4. The molecule has 5 atom stereocenters.